The second-order valence-corrected chi connectivity index (χ2v) is 11.9. The number of ether oxygens (including phenoxy) is 1. The molecule has 2 unspecified atom stereocenters. The second-order valence-electron chi connectivity index (χ2n) is 9.61. The minimum atomic E-state index is -2.90. The second kappa shape index (κ2) is 8.88. The molecule has 2 aromatic rings. The van der Waals surface area contributed by atoms with E-state index in [1.807, 2.05) is 31.5 Å². The average molecular weight is 484 g/mol. The van der Waals surface area contributed by atoms with E-state index in [2.05, 4.69) is 10.1 Å². The van der Waals surface area contributed by atoms with Gasteiger partial charge < -0.3 is 10.1 Å². The lowest BCUT2D eigenvalue weighted by Crippen LogP contribution is -2.49. The summed E-state index contributed by atoms with van der Waals surface area (Å²) in [6, 6.07) is 6.61. The van der Waals surface area contributed by atoms with Crippen molar-refractivity contribution in [1.29, 1.82) is 0 Å². The van der Waals surface area contributed by atoms with E-state index in [0.29, 0.717) is 37.0 Å². The van der Waals surface area contributed by atoms with Crippen molar-refractivity contribution in [2.45, 2.75) is 64.6 Å². The van der Waals surface area contributed by atoms with Gasteiger partial charge in [0.2, 0.25) is 5.91 Å². The van der Waals surface area contributed by atoms with E-state index in [1.54, 1.807) is 12.1 Å². The molecule has 0 radical (unpaired) electrons. The van der Waals surface area contributed by atoms with Crippen LogP contribution in [0.4, 0.5) is 8.78 Å². The zero-order valence-corrected chi connectivity index (χ0v) is 19.9. The predicted octanol–water partition coefficient (Wildman–Crippen LogP) is 4.87. The van der Waals surface area contributed by atoms with E-state index in [9.17, 15) is 22.7 Å². The summed E-state index contributed by atoms with van der Waals surface area (Å²) in [6.45, 7) is 3.00. The third kappa shape index (κ3) is 5.17. The number of hydrogen-bond donors (Lipinski definition) is 3. The van der Waals surface area contributed by atoms with Crippen LogP contribution >= 0.6 is 10.6 Å². The van der Waals surface area contributed by atoms with Gasteiger partial charge in [0.15, 0.2) is 0 Å². The van der Waals surface area contributed by atoms with Crippen LogP contribution in [0.25, 0.3) is 11.3 Å². The first kappa shape index (κ1) is 24.0. The number of amides is 1. The number of hydrogen-bond acceptors (Lipinski definition) is 5. The molecule has 1 aliphatic carbocycles. The van der Waals surface area contributed by atoms with Crippen molar-refractivity contribution in [3.63, 3.8) is 0 Å². The molecule has 2 aliphatic rings. The van der Waals surface area contributed by atoms with E-state index < -0.39 is 22.7 Å². The fourth-order valence-corrected chi connectivity index (χ4v) is 7.04. The van der Waals surface area contributed by atoms with Crippen LogP contribution in [0, 0.1) is 5.92 Å². The van der Waals surface area contributed by atoms with Crippen LogP contribution in [0.5, 0.6) is 5.75 Å². The first-order chi connectivity index (χ1) is 15.5. The van der Waals surface area contributed by atoms with Crippen LogP contribution < -0.4 is 10.1 Å². The SMILES string of the molecule is CC(C)n1nc(-c2cccc(OC(F)F)c2)c2c1CC(C(=O)NC1(C)CCS(O)(O)C1)CC2. The molecule has 2 atom stereocenters. The molecule has 2 heterocycles. The summed E-state index contributed by atoms with van der Waals surface area (Å²) in [5.41, 5.74) is 2.84. The molecular formula is C23H31F2N3O4S. The molecule has 1 aliphatic heterocycles. The highest BCUT2D eigenvalue weighted by molar-refractivity contribution is 8.24. The van der Waals surface area contributed by atoms with Crippen molar-refractivity contribution in [2.75, 3.05) is 11.5 Å². The zero-order chi connectivity index (χ0) is 24.0. The number of carbonyl (C=O) groups excluding carboxylic acids is 1. The van der Waals surface area contributed by atoms with Gasteiger partial charge in [0.1, 0.15) is 5.75 Å². The lowest BCUT2D eigenvalue weighted by molar-refractivity contribution is -0.127. The normalized spacial score (nSPS) is 25.2. The molecule has 1 amide bonds. The number of alkyl halides is 2. The van der Waals surface area contributed by atoms with Gasteiger partial charge in [-0.1, -0.05) is 12.1 Å². The van der Waals surface area contributed by atoms with Gasteiger partial charge in [-0.05, 0) is 52.2 Å². The molecule has 1 aromatic heterocycles. The fourth-order valence-electron chi connectivity index (χ4n) is 4.88. The van der Waals surface area contributed by atoms with Crippen LogP contribution in [0.2, 0.25) is 0 Å². The molecule has 7 nitrogen and oxygen atoms in total. The van der Waals surface area contributed by atoms with Crippen LogP contribution in [0.15, 0.2) is 24.3 Å². The molecule has 3 N–H and O–H groups in total. The van der Waals surface area contributed by atoms with Crippen molar-refractivity contribution in [2.24, 2.45) is 5.92 Å². The summed E-state index contributed by atoms with van der Waals surface area (Å²) in [7, 11) is -2.62. The zero-order valence-electron chi connectivity index (χ0n) is 19.1. The number of carbonyl (C=O) groups is 1. The third-order valence-electron chi connectivity index (χ3n) is 6.45. The number of halogens is 2. The molecule has 1 aromatic carbocycles. The summed E-state index contributed by atoms with van der Waals surface area (Å²) in [4.78, 5) is 13.1. The maximum atomic E-state index is 13.1. The van der Waals surface area contributed by atoms with Gasteiger partial charge in [0.25, 0.3) is 0 Å². The fraction of sp³-hybridized carbons (Fsp3) is 0.565. The van der Waals surface area contributed by atoms with Crippen molar-refractivity contribution >= 4 is 16.5 Å². The maximum absolute atomic E-state index is 13.1. The summed E-state index contributed by atoms with van der Waals surface area (Å²) in [5.74, 6) is 0.266. The Morgan fingerprint density at radius 2 is 2.12 bits per heavy atom. The first-order valence-electron chi connectivity index (χ1n) is 11.2. The van der Waals surface area contributed by atoms with Crippen LogP contribution in [-0.4, -0.2) is 48.4 Å². The lowest BCUT2D eigenvalue weighted by Gasteiger charge is -2.32. The predicted molar refractivity (Wildman–Crippen MR) is 124 cm³/mol. The minimum Gasteiger partial charge on any atom is -0.435 e. The minimum absolute atomic E-state index is 0.0650. The number of nitrogens with zero attached hydrogens (tertiary/aromatic N) is 2. The van der Waals surface area contributed by atoms with E-state index in [-0.39, 0.29) is 29.4 Å². The number of nitrogens with one attached hydrogen (secondary N) is 1. The summed E-state index contributed by atoms with van der Waals surface area (Å²) < 4.78 is 51.8. The Bertz CT molecular complexity index is 1040. The Morgan fingerprint density at radius 3 is 2.76 bits per heavy atom. The van der Waals surface area contributed by atoms with Gasteiger partial charge in [-0.3, -0.25) is 18.6 Å². The van der Waals surface area contributed by atoms with Crippen LogP contribution in [0.1, 0.15) is 50.9 Å². The van der Waals surface area contributed by atoms with Gasteiger partial charge in [0.05, 0.1) is 17.0 Å². The Morgan fingerprint density at radius 1 is 1.36 bits per heavy atom. The average Bonchev–Trinajstić information content (AvgIpc) is 3.24. The summed E-state index contributed by atoms with van der Waals surface area (Å²) in [6.07, 6.45) is 2.34. The standard InChI is InChI=1S/C23H31F2N3O4S/c1-14(2)28-19-12-16(21(29)26-23(3)9-10-33(30,31)13-23)7-8-18(19)20(27-28)15-5-4-6-17(11-15)32-22(24)25/h4-6,11,14,16,22,30-31H,7-10,12-13H2,1-3H3,(H,26,29). The van der Waals surface area contributed by atoms with Gasteiger partial charge in [-0.25, -0.2) is 0 Å². The quantitative estimate of drug-likeness (QED) is 0.545. The third-order valence-corrected chi connectivity index (χ3v) is 8.41. The molecule has 0 bridgehead atoms. The van der Waals surface area contributed by atoms with Gasteiger partial charge >= 0.3 is 6.61 Å². The van der Waals surface area contributed by atoms with E-state index in [4.69, 9.17) is 5.10 Å². The Kier molecular flexibility index (Phi) is 6.45. The molecule has 4 rings (SSSR count). The smallest absolute Gasteiger partial charge is 0.387 e. The van der Waals surface area contributed by atoms with E-state index >= 15 is 0 Å². The molecule has 33 heavy (non-hydrogen) atoms. The highest BCUT2D eigenvalue weighted by Gasteiger charge is 2.41. The Balaban J connectivity index is 1.58. The van der Waals surface area contributed by atoms with E-state index in [1.165, 1.54) is 6.07 Å². The Labute approximate surface area is 193 Å². The van der Waals surface area contributed by atoms with Gasteiger partial charge in [0, 0.05) is 41.0 Å². The first-order valence-corrected chi connectivity index (χ1v) is 13.1. The van der Waals surface area contributed by atoms with Crippen LogP contribution in [0.3, 0.4) is 0 Å². The largest absolute Gasteiger partial charge is 0.435 e. The number of aromatic nitrogens is 2. The number of rotatable bonds is 6. The van der Waals surface area contributed by atoms with Crippen LogP contribution in [-0.2, 0) is 17.6 Å². The molecule has 0 saturated carbocycles. The maximum Gasteiger partial charge on any atom is 0.387 e. The summed E-state index contributed by atoms with van der Waals surface area (Å²) >= 11 is 0. The monoisotopic (exact) mass is 483 g/mol. The molecule has 1 saturated heterocycles. The van der Waals surface area contributed by atoms with Gasteiger partial charge in [-0.15, -0.1) is 0 Å². The summed E-state index contributed by atoms with van der Waals surface area (Å²) in [5, 5.41) is 7.86. The van der Waals surface area contributed by atoms with Crippen molar-refractivity contribution < 1.29 is 27.4 Å². The molecule has 182 valence electrons. The molecular weight excluding hydrogens is 452 g/mol. The topological polar surface area (TPSA) is 96.6 Å². The van der Waals surface area contributed by atoms with Gasteiger partial charge in [-0.2, -0.15) is 24.5 Å². The molecule has 10 heteroatoms. The Hall–Kier alpha value is -2.17. The van der Waals surface area contributed by atoms with Crippen molar-refractivity contribution in [3.8, 4) is 17.0 Å². The molecule has 0 spiro atoms. The lowest BCUT2D eigenvalue weighted by atomic mass is 9.84. The van der Waals surface area contributed by atoms with Crippen molar-refractivity contribution in [3.05, 3.63) is 35.5 Å². The number of fused-ring (bicyclic) bond motifs is 1. The highest BCUT2D eigenvalue weighted by Crippen LogP contribution is 2.50. The van der Waals surface area contributed by atoms with Crippen molar-refractivity contribution in [1.82, 2.24) is 15.1 Å². The highest BCUT2D eigenvalue weighted by atomic mass is 32.3. The molecule has 1 fully saturated rings. The van der Waals surface area contributed by atoms with E-state index in [0.717, 1.165) is 17.0 Å². The number of benzene rings is 1.